The van der Waals surface area contributed by atoms with Crippen molar-refractivity contribution in [2.75, 3.05) is 0 Å². The zero-order valence-electron chi connectivity index (χ0n) is 12.8. The summed E-state index contributed by atoms with van der Waals surface area (Å²) < 4.78 is 5.18. The maximum absolute atomic E-state index is 11.9. The molecule has 0 aliphatic carbocycles. The Morgan fingerprint density at radius 1 is 1.26 bits per heavy atom. The van der Waals surface area contributed by atoms with Crippen molar-refractivity contribution >= 4 is 17.2 Å². The van der Waals surface area contributed by atoms with Crippen LogP contribution in [0.25, 0.3) is 11.4 Å². The van der Waals surface area contributed by atoms with Gasteiger partial charge in [0.15, 0.2) is 0 Å². The van der Waals surface area contributed by atoms with Gasteiger partial charge in [-0.1, -0.05) is 35.0 Å². The van der Waals surface area contributed by atoms with E-state index < -0.39 is 0 Å². The lowest BCUT2D eigenvalue weighted by Gasteiger charge is -2.04. The first-order valence-electron chi connectivity index (χ1n) is 7.38. The Balaban J connectivity index is 1.46. The van der Waals surface area contributed by atoms with Crippen molar-refractivity contribution in [2.24, 2.45) is 0 Å². The number of nitrogens with zero attached hydrogens (tertiary/aromatic N) is 2. The molecule has 23 heavy (non-hydrogen) atoms. The smallest absolute Gasteiger partial charge is 0.227 e. The zero-order chi connectivity index (χ0) is 16.1. The molecule has 0 bridgehead atoms. The fourth-order valence-corrected chi connectivity index (χ4v) is 2.72. The predicted molar refractivity (Wildman–Crippen MR) is 89.0 cm³/mol. The molecule has 0 atom stereocenters. The highest BCUT2D eigenvalue weighted by Crippen LogP contribution is 2.18. The van der Waals surface area contributed by atoms with Gasteiger partial charge in [-0.15, -0.1) is 0 Å². The van der Waals surface area contributed by atoms with Crippen LogP contribution in [0, 0.1) is 6.92 Å². The molecule has 2 aromatic heterocycles. The number of aromatic nitrogens is 2. The highest BCUT2D eigenvalue weighted by atomic mass is 32.1. The lowest BCUT2D eigenvalue weighted by Crippen LogP contribution is -2.23. The first-order valence-corrected chi connectivity index (χ1v) is 8.32. The Morgan fingerprint density at radius 2 is 2.09 bits per heavy atom. The molecule has 0 saturated heterocycles. The molecule has 5 nitrogen and oxygen atoms in total. The Hall–Kier alpha value is -2.47. The molecule has 0 aliphatic heterocycles. The maximum atomic E-state index is 11.9. The Morgan fingerprint density at radius 3 is 2.83 bits per heavy atom. The molecule has 1 N–H and O–H groups in total. The monoisotopic (exact) mass is 327 g/mol. The molecule has 6 heteroatoms. The van der Waals surface area contributed by atoms with E-state index >= 15 is 0 Å². The quantitative estimate of drug-likeness (QED) is 0.754. The van der Waals surface area contributed by atoms with Crippen LogP contribution >= 0.6 is 11.3 Å². The molecule has 1 amide bonds. The molecule has 0 saturated carbocycles. The van der Waals surface area contributed by atoms with E-state index in [1.165, 1.54) is 5.56 Å². The van der Waals surface area contributed by atoms with Crippen LogP contribution in [0.1, 0.15) is 23.4 Å². The molecule has 3 rings (SSSR count). The second kappa shape index (κ2) is 7.19. The van der Waals surface area contributed by atoms with Crippen LogP contribution in [-0.2, 0) is 17.8 Å². The van der Waals surface area contributed by atoms with Gasteiger partial charge < -0.3 is 9.84 Å². The van der Waals surface area contributed by atoms with Crippen LogP contribution in [0.2, 0.25) is 0 Å². The fraction of sp³-hybridized carbons (Fsp3) is 0.235. The summed E-state index contributed by atoms with van der Waals surface area (Å²) in [6, 6.07) is 10.0. The number of amides is 1. The van der Waals surface area contributed by atoms with Gasteiger partial charge in [-0.25, -0.2) is 0 Å². The highest BCUT2D eigenvalue weighted by Gasteiger charge is 2.10. The largest absolute Gasteiger partial charge is 0.352 e. The average molecular weight is 327 g/mol. The molecular formula is C17H17N3O2S. The van der Waals surface area contributed by atoms with Crippen molar-refractivity contribution in [1.82, 2.24) is 15.5 Å². The van der Waals surface area contributed by atoms with Crippen LogP contribution < -0.4 is 5.32 Å². The number of rotatable bonds is 6. The summed E-state index contributed by atoms with van der Waals surface area (Å²) in [5.74, 6) is 1.03. The minimum absolute atomic E-state index is 0.0270. The van der Waals surface area contributed by atoms with Gasteiger partial charge in [0.25, 0.3) is 0 Å². The van der Waals surface area contributed by atoms with E-state index in [0.29, 0.717) is 31.1 Å². The van der Waals surface area contributed by atoms with E-state index in [4.69, 9.17) is 4.52 Å². The van der Waals surface area contributed by atoms with E-state index in [0.717, 1.165) is 11.1 Å². The molecule has 3 aromatic rings. The first kappa shape index (κ1) is 15.4. The molecule has 0 spiro atoms. The van der Waals surface area contributed by atoms with Crippen molar-refractivity contribution in [3.63, 3.8) is 0 Å². The van der Waals surface area contributed by atoms with Crippen molar-refractivity contribution in [2.45, 2.75) is 26.3 Å². The second-order valence-corrected chi connectivity index (χ2v) is 6.07. The van der Waals surface area contributed by atoms with Gasteiger partial charge in [-0.05, 0) is 23.9 Å². The molecule has 2 heterocycles. The number of benzene rings is 1. The maximum Gasteiger partial charge on any atom is 0.227 e. The first-order chi connectivity index (χ1) is 11.2. The summed E-state index contributed by atoms with van der Waals surface area (Å²) in [5.41, 5.74) is 3.23. The topological polar surface area (TPSA) is 68.0 Å². The van der Waals surface area contributed by atoms with Crippen LogP contribution in [-0.4, -0.2) is 16.0 Å². The standard InChI is InChI=1S/C17H17N3O2S/c1-12-2-4-13(5-3-12)10-18-15(21)6-7-16-19-17(20-22-16)14-8-9-23-11-14/h2-5,8-9,11H,6-7,10H2,1H3,(H,18,21). The number of hydrogen-bond donors (Lipinski definition) is 1. The number of carbonyl (C=O) groups excluding carboxylic acids is 1. The number of thiophene rings is 1. The number of nitrogens with one attached hydrogen (secondary N) is 1. The van der Waals surface area contributed by atoms with Crippen molar-refractivity contribution in [3.8, 4) is 11.4 Å². The summed E-state index contributed by atoms with van der Waals surface area (Å²) in [7, 11) is 0. The van der Waals surface area contributed by atoms with Gasteiger partial charge in [0.1, 0.15) is 0 Å². The van der Waals surface area contributed by atoms with Crippen molar-refractivity contribution in [1.29, 1.82) is 0 Å². The van der Waals surface area contributed by atoms with E-state index in [9.17, 15) is 4.79 Å². The van der Waals surface area contributed by atoms with Crippen LogP contribution in [0.3, 0.4) is 0 Å². The Kier molecular flexibility index (Phi) is 4.83. The van der Waals surface area contributed by atoms with E-state index in [1.54, 1.807) is 11.3 Å². The molecular weight excluding hydrogens is 310 g/mol. The molecule has 118 valence electrons. The number of aryl methyl sites for hydroxylation is 2. The number of hydrogen-bond acceptors (Lipinski definition) is 5. The average Bonchev–Trinajstić information content (AvgIpc) is 3.23. The minimum Gasteiger partial charge on any atom is -0.352 e. The molecule has 0 radical (unpaired) electrons. The van der Waals surface area contributed by atoms with Gasteiger partial charge in [0, 0.05) is 30.3 Å². The molecule has 0 fully saturated rings. The third kappa shape index (κ3) is 4.26. The third-order valence-electron chi connectivity index (χ3n) is 3.42. The lowest BCUT2D eigenvalue weighted by atomic mass is 10.1. The molecule has 0 aliphatic rings. The second-order valence-electron chi connectivity index (χ2n) is 5.29. The molecule has 0 unspecified atom stereocenters. The van der Waals surface area contributed by atoms with Gasteiger partial charge in [-0.3, -0.25) is 4.79 Å². The summed E-state index contributed by atoms with van der Waals surface area (Å²) >= 11 is 1.58. The van der Waals surface area contributed by atoms with E-state index in [-0.39, 0.29) is 5.91 Å². The summed E-state index contributed by atoms with van der Waals surface area (Å²) in [4.78, 5) is 16.2. The van der Waals surface area contributed by atoms with Crippen molar-refractivity contribution < 1.29 is 9.32 Å². The Bertz CT molecular complexity index is 764. The van der Waals surface area contributed by atoms with E-state index in [2.05, 4.69) is 15.5 Å². The normalized spacial score (nSPS) is 10.7. The van der Waals surface area contributed by atoms with Crippen molar-refractivity contribution in [3.05, 3.63) is 58.1 Å². The summed E-state index contributed by atoms with van der Waals surface area (Å²) in [5, 5.41) is 10.7. The SMILES string of the molecule is Cc1ccc(CNC(=O)CCc2nc(-c3ccsc3)no2)cc1. The van der Waals surface area contributed by atoms with Crippen LogP contribution in [0.5, 0.6) is 0 Å². The van der Waals surface area contributed by atoms with Crippen LogP contribution in [0.4, 0.5) is 0 Å². The van der Waals surface area contributed by atoms with Gasteiger partial charge in [0.2, 0.25) is 17.6 Å². The van der Waals surface area contributed by atoms with Crippen LogP contribution in [0.15, 0.2) is 45.6 Å². The summed E-state index contributed by atoms with van der Waals surface area (Å²) in [6.07, 6.45) is 0.772. The van der Waals surface area contributed by atoms with Gasteiger partial charge in [0.05, 0.1) is 0 Å². The Labute approximate surface area is 138 Å². The number of carbonyl (C=O) groups is 1. The summed E-state index contributed by atoms with van der Waals surface area (Å²) in [6.45, 7) is 2.57. The predicted octanol–water partition coefficient (Wildman–Crippen LogP) is 3.36. The molecule has 1 aromatic carbocycles. The highest BCUT2D eigenvalue weighted by molar-refractivity contribution is 7.08. The fourth-order valence-electron chi connectivity index (χ4n) is 2.08. The zero-order valence-corrected chi connectivity index (χ0v) is 13.6. The lowest BCUT2D eigenvalue weighted by molar-refractivity contribution is -0.121. The minimum atomic E-state index is -0.0270. The van der Waals surface area contributed by atoms with Gasteiger partial charge >= 0.3 is 0 Å². The van der Waals surface area contributed by atoms with E-state index in [1.807, 2.05) is 48.0 Å². The van der Waals surface area contributed by atoms with Gasteiger partial charge in [-0.2, -0.15) is 16.3 Å². The third-order valence-corrected chi connectivity index (χ3v) is 4.11.